The van der Waals surface area contributed by atoms with Crippen LogP contribution in [0.3, 0.4) is 0 Å². The van der Waals surface area contributed by atoms with E-state index in [1.54, 1.807) is 23.4 Å². The summed E-state index contributed by atoms with van der Waals surface area (Å²) in [7, 11) is 0. The molecule has 0 radical (unpaired) electrons. The first-order valence-corrected chi connectivity index (χ1v) is 13.8. The maximum atomic E-state index is 12.8. The number of hydrogen-bond acceptors (Lipinski definition) is 8. The standard InChI is InChI=1S/C29H34N6O4/c1-28(2,3)39-27(36)34-12-11-29(9-10-29)23(18-34)38-24-17-31-16-21(32-24)26-20-14-19(15-30)7-8-22(20)35(33-26)25-6-4-5-13-37-25/h7-8,14,16-17,23,25H,4-6,9-13,18H2,1-3H3. The van der Waals surface area contributed by atoms with Gasteiger partial charge in [-0.3, -0.25) is 4.98 Å². The van der Waals surface area contributed by atoms with Crippen LogP contribution in [0.2, 0.25) is 0 Å². The molecule has 3 fully saturated rings. The van der Waals surface area contributed by atoms with Crippen LogP contribution in [0.15, 0.2) is 30.6 Å². The van der Waals surface area contributed by atoms with Crippen molar-refractivity contribution < 1.29 is 19.0 Å². The lowest BCUT2D eigenvalue weighted by molar-refractivity contribution is -0.0365. The number of carbonyl (C=O) groups is 1. The highest BCUT2D eigenvalue weighted by Crippen LogP contribution is 2.54. The number of ether oxygens (including phenoxy) is 3. The van der Waals surface area contributed by atoms with E-state index in [2.05, 4.69) is 11.1 Å². The Balaban J connectivity index is 1.29. The SMILES string of the molecule is CC(C)(C)OC(=O)N1CCC2(CC2)C(Oc2cncc(-c3nn(C4CCCCO4)c4ccc(C#N)cc34)n2)C1. The Labute approximate surface area is 227 Å². The van der Waals surface area contributed by atoms with Gasteiger partial charge in [-0.05, 0) is 77.5 Å². The second kappa shape index (κ2) is 9.79. The second-order valence-electron chi connectivity index (χ2n) is 11.8. The van der Waals surface area contributed by atoms with E-state index in [9.17, 15) is 10.1 Å². The maximum absolute atomic E-state index is 12.8. The molecule has 2 saturated heterocycles. The van der Waals surface area contributed by atoms with Crippen molar-refractivity contribution in [1.82, 2.24) is 24.6 Å². The number of rotatable bonds is 4. The van der Waals surface area contributed by atoms with E-state index >= 15 is 0 Å². The van der Waals surface area contributed by atoms with Crippen LogP contribution >= 0.6 is 0 Å². The highest BCUT2D eigenvalue weighted by Gasteiger charge is 2.54. The zero-order valence-corrected chi connectivity index (χ0v) is 22.7. The van der Waals surface area contributed by atoms with Crippen LogP contribution in [-0.4, -0.2) is 62.1 Å². The van der Waals surface area contributed by atoms with Crippen LogP contribution in [0, 0.1) is 16.7 Å². The number of benzene rings is 1. The highest BCUT2D eigenvalue weighted by atomic mass is 16.6. The van der Waals surface area contributed by atoms with E-state index in [1.807, 2.05) is 37.6 Å². The fraction of sp³-hybridized carbons (Fsp3) is 0.552. The molecule has 1 spiro atoms. The van der Waals surface area contributed by atoms with Gasteiger partial charge in [0.15, 0.2) is 6.23 Å². The second-order valence-corrected chi connectivity index (χ2v) is 11.8. The fourth-order valence-electron chi connectivity index (χ4n) is 5.59. The molecule has 10 heteroatoms. The van der Waals surface area contributed by atoms with Crippen molar-refractivity contribution in [3.05, 3.63) is 36.2 Å². The van der Waals surface area contributed by atoms with Crippen molar-refractivity contribution in [3.63, 3.8) is 0 Å². The van der Waals surface area contributed by atoms with Crippen molar-refractivity contribution in [2.24, 2.45) is 5.41 Å². The lowest BCUT2D eigenvalue weighted by Crippen LogP contribution is -2.51. The summed E-state index contributed by atoms with van der Waals surface area (Å²) in [5.74, 6) is 0.392. The largest absolute Gasteiger partial charge is 0.471 e. The first-order chi connectivity index (χ1) is 18.7. The van der Waals surface area contributed by atoms with Gasteiger partial charge in [-0.2, -0.15) is 10.4 Å². The van der Waals surface area contributed by atoms with Gasteiger partial charge >= 0.3 is 6.09 Å². The number of fused-ring (bicyclic) bond motifs is 1. The van der Waals surface area contributed by atoms with Crippen LogP contribution < -0.4 is 4.74 Å². The Hall–Kier alpha value is -3.71. The summed E-state index contributed by atoms with van der Waals surface area (Å²) in [6.07, 6.45) is 8.60. The van der Waals surface area contributed by atoms with Crippen molar-refractivity contribution in [2.75, 3.05) is 19.7 Å². The average Bonchev–Trinajstić information content (AvgIpc) is 3.60. The number of hydrogen-bond donors (Lipinski definition) is 0. The Morgan fingerprint density at radius 1 is 1.21 bits per heavy atom. The van der Waals surface area contributed by atoms with E-state index in [4.69, 9.17) is 24.3 Å². The smallest absolute Gasteiger partial charge is 0.410 e. The minimum Gasteiger partial charge on any atom is -0.471 e. The van der Waals surface area contributed by atoms with Crippen molar-refractivity contribution in [2.45, 2.75) is 77.2 Å². The Kier molecular flexibility index (Phi) is 6.42. The van der Waals surface area contributed by atoms with Crippen molar-refractivity contribution in [1.29, 1.82) is 5.26 Å². The van der Waals surface area contributed by atoms with Gasteiger partial charge in [-0.25, -0.2) is 14.5 Å². The molecule has 1 amide bonds. The minimum absolute atomic E-state index is 0.0600. The molecule has 39 heavy (non-hydrogen) atoms. The normalized spacial score (nSPS) is 22.5. The maximum Gasteiger partial charge on any atom is 0.410 e. The molecule has 0 N–H and O–H groups in total. The van der Waals surface area contributed by atoms with Gasteiger partial charge in [0.2, 0.25) is 5.88 Å². The summed E-state index contributed by atoms with van der Waals surface area (Å²) >= 11 is 0. The molecule has 0 bridgehead atoms. The third-order valence-corrected chi connectivity index (χ3v) is 7.87. The van der Waals surface area contributed by atoms with Crippen LogP contribution in [0.4, 0.5) is 4.79 Å². The molecule has 3 aliphatic rings. The predicted octanol–water partition coefficient (Wildman–Crippen LogP) is 5.23. The predicted molar refractivity (Wildman–Crippen MR) is 143 cm³/mol. The number of amides is 1. The third kappa shape index (κ3) is 5.15. The number of aromatic nitrogens is 4. The molecule has 1 aromatic carbocycles. The Morgan fingerprint density at radius 3 is 2.77 bits per heavy atom. The summed E-state index contributed by atoms with van der Waals surface area (Å²) in [6, 6.07) is 7.78. The van der Waals surface area contributed by atoms with Crippen LogP contribution in [-0.2, 0) is 9.47 Å². The van der Waals surface area contributed by atoms with Crippen molar-refractivity contribution >= 4 is 17.0 Å². The topological polar surface area (TPSA) is 115 Å². The fourth-order valence-corrected chi connectivity index (χ4v) is 5.59. The van der Waals surface area contributed by atoms with Crippen LogP contribution in [0.25, 0.3) is 22.3 Å². The van der Waals surface area contributed by atoms with Crippen LogP contribution in [0.5, 0.6) is 5.88 Å². The minimum atomic E-state index is -0.553. The molecule has 1 aliphatic carbocycles. The molecule has 10 nitrogen and oxygen atoms in total. The van der Waals surface area contributed by atoms with Gasteiger partial charge in [-0.15, -0.1) is 0 Å². The molecule has 2 unspecified atom stereocenters. The Bertz CT molecular complexity index is 1430. The highest BCUT2D eigenvalue weighted by molar-refractivity contribution is 5.93. The molecule has 6 rings (SSSR count). The monoisotopic (exact) mass is 530 g/mol. The first-order valence-electron chi connectivity index (χ1n) is 13.8. The van der Waals surface area contributed by atoms with Crippen LogP contribution in [0.1, 0.15) is 71.1 Å². The summed E-state index contributed by atoms with van der Waals surface area (Å²) < 4.78 is 20.0. The molecule has 2 atom stereocenters. The summed E-state index contributed by atoms with van der Waals surface area (Å²) in [5, 5.41) is 15.3. The summed E-state index contributed by atoms with van der Waals surface area (Å²) in [5.41, 5.74) is 2.14. The molecular weight excluding hydrogens is 496 g/mol. The zero-order chi connectivity index (χ0) is 27.2. The molecular formula is C29H34N6O4. The summed E-state index contributed by atoms with van der Waals surface area (Å²) in [6.45, 7) is 7.42. The lowest BCUT2D eigenvalue weighted by Gasteiger charge is -2.39. The van der Waals surface area contributed by atoms with E-state index in [1.165, 1.54) is 0 Å². The average molecular weight is 531 g/mol. The number of carbonyl (C=O) groups excluding carboxylic acids is 1. The number of nitriles is 1. The molecule has 2 aromatic heterocycles. The third-order valence-electron chi connectivity index (χ3n) is 7.87. The van der Waals surface area contributed by atoms with E-state index < -0.39 is 5.60 Å². The van der Waals surface area contributed by atoms with Gasteiger partial charge in [0.25, 0.3) is 0 Å². The number of likely N-dealkylation sites (tertiary alicyclic amines) is 1. The van der Waals surface area contributed by atoms with Gasteiger partial charge in [0, 0.05) is 24.0 Å². The lowest BCUT2D eigenvalue weighted by atomic mass is 9.90. The number of nitrogens with zero attached hydrogens (tertiary/aromatic N) is 6. The zero-order valence-electron chi connectivity index (χ0n) is 22.7. The molecule has 204 valence electrons. The van der Waals surface area contributed by atoms with Gasteiger partial charge in [0.1, 0.15) is 23.1 Å². The van der Waals surface area contributed by atoms with Gasteiger partial charge in [-0.1, -0.05) is 0 Å². The van der Waals surface area contributed by atoms with Gasteiger partial charge < -0.3 is 19.1 Å². The number of piperidine rings is 1. The molecule has 2 aliphatic heterocycles. The quantitative estimate of drug-likeness (QED) is 0.450. The van der Waals surface area contributed by atoms with E-state index in [0.29, 0.717) is 42.5 Å². The first kappa shape index (κ1) is 25.6. The Morgan fingerprint density at radius 2 is 2.05 bits per heavy atom. The molecule has 4 heterocycles. The summed E-state index contributed by atoms with van der Waals surface area (Å²) in [4.78, 5) is 23.7. The molecule has 3 aromatic rings. The van der Waals surface area contributed by atoms with Gasteiger partial charge in [0.05, 0.1) is 36.1 Å². The van der Waals surface area contributed by atoms with E-state index in [0.717, 1.165) is 49.4 Å². The van der Waals surface area contributed by atoms with Crippen molar-refractivity contribution in [3.8, 4) is 23.3 Å². The van der Waals surface area contributed by atoms with E-state index in [-0.39, 0.29) is 23.8 Å². The molecule has 1 saturated carbocycles.